The normalized spacial score (nSPS) is 46.1. The van der Waals surface area contributed by atoms with Crippen molar-refractivity contribution < 1.29 is 59.2 Å². The average Bonchev–Trinajstić information content (AvgIpc) is 0.803. The molecule has 32 aliphatic carbocycles. The van der Waals surface area contributed by atoms with Gasteiger partial charge in [0.25, 0.3) is 0 Å². The Labute approximate surface area is 760 Å². The molecule has 0 aromatic rings. The van der Waals surface area contributed by atoms with E-state index in [-0.39, 0.29) is 54.2 Å². The molecule has 32 saturated carbocycles. The van der Waals surface area contributed by atoms with E-state index in [2.05, 4.69) is 55.4 Å². The van der Waals surface area contributed by atoms with Crippen LogP contribution in [0.15, 0.2) is 0 Å². The van der Waals surface area contributed by atoms with Gasteiger partial charge in [0.2, 0.25) is 0 Å². The third kappa shape index (κ3) is 27.0. The van der Waals surface area contributed by atoms with Gasteiger partial charge in [-0.1, -0.05) is 107 Å². The fraction of sp³-hybridized carbons (Fsp3) is 1.00. The average molecular weight is 1740 g/mol. The lowest BCUT2D eigenvalue weighted by molar-refractivity contribution is -0.929. The van der Waals surface area contributed by atoms with Crippen LogP contribution >= 0.6 is 0 Å². The summed E-state index contributed by atoms with van der Waals surface area (Å²) >= 11 is 0. The minimum absolute atomic E-state index is 0. The zero-order chi connectivity index (χ0) is 85.8. The molecule has 124 heavy (non-hydrogen) atoms. The topological polar surface area (TPSA) is 162 Å². The van der Waals surface area contributed by atoms with Crippen molar-refractivity contribution in [3.8, 4) is 0 Å². The quantitative estimate of drug-likeness (QED) is 0.0443. The van der Waals surface area contributed by atoms with Crippen molar-refractivity contribution in [2.75, 3.05) is 52.4 Å². The summed E-state index contributed by atoms with van der Waals surface area (Å²) in [6.45, 7) is 30.0. The third-order valence-corrected chi connectivity index (χ3v) is 39.9. The van der Waals surface area contributed by atoms with Gasteiger partial charge in [-0.25, -0.2) is 0 Å². The first-order valence-corrected chi connectivity index (χ1v) is 55.9. The number of rotatable bonds is 24. The lowest BCUT2D eigenvalue weighted by Crippen LogP contribution is -3.00. The molecule has 0 heterocycles. The lowest BCUT2D eigenvalue weighted by atomic mass is 9.54. The van der Waals surface area contributed by atoms with Crippen LogP contribution in [0.5, 0.6) is 0 Å². The van der Waals surface area contributed by atoms with Gasteiger partial charge in [-0.15, -0.1) is 0 Å². The Hall–Kier alpha value is -0.540. The van der Waals surface area contributed by atoms with Crippen molar-refractivity contribution in [3.63, 3.8) is 0 Å². The molecule has 32 bridgehead atoms. The summed E-state index contributed by atoms with van der Waals surface area (Å²) in [7, 11) is 0. The van der Waals surface area contributed by atoms with Crippen molar-refractivity contribution >= 4 is 0 Å². The molecule has 0 spiro atoms. The molecule has 0 amide bonds. The Morgan fingerprint density at radius 2 is 0.210 bits per heavy atom. The SMILES string of the molecule is CCCC[N+](CCCC)(CCCC)CCCC.CCCC[N+](CCCC)(CCCC)CCCC.OC12CC3CC(CC(C3)C1)C2.OC12CC3CC(CC(C3)C1)C2.OC12CC3CC(CC(C3)C1)C2.OC12CC3CC(CC(C3)C1)C2.OC12CC3CC(CC(C3)C1)C2.OC12CC3CC(CC(C3)C1)C2.OC12CC3CC(CC(C3)C1)C2.OC12CC3CC(CC(C3)C1)C2.[F-].[F-]. The van der Waals surface area contributed by atoms with Crippen molar-refractivity contribution in [3.05, 3.63) is 0 Å². The van der Waals surface area contributed by atoms with E-state index in [9.17, 15) is 40.9 Å². The Morgan fingerprint density at radius 1 is 0.145 bits per heavy atom. The number of quaternary nitrogens is 2. The Balaban J connectivity index is 0.000000118. The van der Waals surface area contributed by atoms with E-state index < -0.39 is 0 Å². The summed E-state index contributed by atoms with van der Waals surface area (Å²) in [5.41, 5.74) is -1.60. The molecular formula is C112H200F2N2O8. The van der Waals surface area contributed by atoms with E-state index >= 15 is 0 Å². The highest BCUT2D eigenvalue weighted by Crippen LogP contribution is 2.63. The van der Waals surface area contributed by atoms with Crippen LogP contribution in [0.2, 0.25) is 0 Å². The monoisotopic (exact) mass is 1740 g/mol. The van der Waals surface area contributed by atoms with E-state index in [1.807, 2.05) is 0 Å². The predicted molar refractivity (Wildman–Crippen MR) is 504 cm³/mol. The van der Waals surface area contributed by atoms with Crippen LogP contribution in [0, 0.1) is 142 Å². The Morgan fingerprint density at radius 3 is 0.258 bits per heavy atom. The van der Waals surface area contributed by atoms with Crippen LogP contribution in [0.4, 0.5) is 0 Å². The van der Waals surface area contributed by atoms with Gasteiger partial charge in [-0.3, -0.25) is 0 Å². The first kappa shape index (κ1) is 101. The van der Waals surface area contributed by atoms with Crippen LogP contribution in [0.3, 0.4) is 0 Å². The van der Waals surface area contributed by atoms with E-state index in [1.54, 1.807) is 0 Å². The number of unbranched alkanes of at least 4 members (excludes halogenated alkanes) is 8. The highest BCUT2D eigenvalue weighted by molar-refractivity contribution is 5.09. The molecule has 0 saturated heterocycles. The molecule has 32 fully saturated rings. The van der Waals surface area contributed by atoms with Crippen molar-refractivity contribution in [2.24, 2.45) is 142 Å². The molecule has 32 aliphatic rings. The van der Waals surface area contributed by atoms with Gasteiger partial charge in [-0.05, 0) is 502 Å². The highest BCUT2D eigenvalue weighted by Gasteiger charge is 2.57. The Bertz CT molecular complexity index is 2270. The van der Waals surface area contributed by atoms with Gasteiger partial charge in [0.05, 0.1) is 97.2 Å². The zero-order valence-electron chi connectivity index (χ0n) is 82.0. The maximum absolute atomic E-state index is 10.1. The van der Waals surface area contributed by atoms with Crippen LogP contribution in [0.25, 0.3) is 0 Å². The molecule has 0 aromatic heterocycles. The van der Waals surface area contributed by atoms with Gasteiger partial charge >= 0.3 is 0 Å². The number of nitrogens with zero attached hydrogens (tertiary/aromatic N) is 2. The maximum Gasteiger partial charge on any atom is 0.0786 e. The third-order valence-electron chi connectivity index (χ3n) is 39.9. The first-order valence-electron chi connectivity index (χ1n) is 55.9. The fourth-order valence-electron chi connectivity index (χ4n) is 37.8. The van der Waals surface area contributed by atoms with E-state index in [1.165, 1.54) is 318 Å². The number of hydrogen-bond acceptors (Lipinski definition) is 8. The van der Waals surface area contributed by atoms with Gasteiger partial charge in [-0.2, -0.15) is 0 Å². The predicted octanol–water partition coefficient (Wildman–Crippen LogP) is 19.6. The Kier molecular flexibility index (Phi) is 35.5. The summed E-state index contributed by atoms with van der Waals surface area (Å²) in [4.78, 5) is 0. The molecule has 8 N–H and O–H groups in total. The molecule has 12 heteroatoms. The number of hydrogen-bond donors (Lipinski definition) is 8. The number of aliphatic hydroxyl groups is 8. The second-order valence-corrected chi connectivity index (χ2v) is 52.4. The van der Waals surface area contributed by atoms with Crippen LogP contribution in [-0.2, 0) is 0 Å². The first-order chi connectivity index (χ1) is 58.4. The van der Waals surface area contributed by atoms with Gasteiger partial charge in [0.1, 0.15) is 0 Å². The molecule has 0 unspecified atom stereocenters. The van der Waals surface area contributed by atoms with Crippen LogP contribution < -0.4 is 9.41 Å². The molecule has 0 aliphatic heterocycles. The standard InChI is InChI=1S/2C16H36N.8C10H16O.2FH/c2*1-5-9-13-17(14-10-6-2,15-11-7-3)16-12-8-4;8*11-10-4-7-1-8(5-10)3-9(2-7)6-10;;/h2*5-16H2,1-4H3;8*7-9,11H,1-6H2;2*1H/q2*+1;;;;;;;;;;/p-2. The molecule has 32 rings (SSSR count). The summed E-state index contributed by atoms with van der Waals surface area (Å²) in [5, 5.41) is 80.8. The van der Waals surface area contributed by atoms with E-state index in [0.717, 1.165) is 296 Å². The van der Waals surface area contributed by atoms with Crippen molar-refractivity contribution in [1.29, 1.82) is 0 Å². The molecule has 720 valence electrons. The van der Waals surface area contributed by atoms with Gasteiger partial charge < -0.3 is 59.2 Å². The van der Waals surface area contributed by atoms with Crippen LogP contribution in [-0.4, -0.2) is 147 Å². The summed E-state index contributed by atoms with van der Waals surface area (Å²) in [6, 6.07) is 0. The largest absolute Gasteiger partial charge is 1.00 e. The molecule has 0 atom stereocenters. The highest BCUT2D eigenvalue weighted by atomic mass is 19.0. The summed E-state index contributed by atoms with van der Waals surface area (Å²) in [6.07, 6.45) is 83.4. The summed E-state index contributed by atoms with van der Waals surface area (Å²) in [5.74, 6) is 21.5. The smallest absolute Gasteiger partial charge is 0.0786 e. The van der Waals surface area contributed by atoms with Crippen molar-refractivity contribution in [1.82, 2.24) is 0 Å². The molecular weight excluding hydrogens is 1540 g/mol. The second-order valence-electron chi connectivity index (χ2n) is 52.4. The van der Waals surface area contributed by atoms with Gasteiger partial charge in [0.15, 0.2) is 0 Å². The van der Waals surface area contributed by atoms with Crippen molar-refractivity contribution in [2.45, 2.75) is 511 Å². The minimum Gasteiger partial charge on any atom is -1.00 e. The molecule has 0 aromatic carbocycles. The number of halogens is 2. The van der Waals surface area contributed by atoms with E-state index in [4.69, 9.17) is 0 Å². The fourth-order valence-corrected chi connectivity index (χ4v) is 37.8. The zero-order valence-corrected chi connectivity index (χ0v) is 82.0. The van der Waals surface area contributed by atoms with E-state index in [0.29, 0.717) is 0 Å². The van der Waals surface area contributed by atoms with Crippen LogP contribution in [0.1, 0.15) is 466 Å². The van der Waals surface area contributed by atoms with Gasteiger partial charge in [0, 0.05) is 0 Å². The minimum atomic E-state index is -0.200. The summed E-state index contributed by atoms with van der Waals surface area (Å²) < 4.78 is 2.84. The molecule has 0 radical (unpaired) electrons. The second kappa shape index (κ2) is 43.6. The maximum atomic E-state index is 10.1. The lowest BCUT2D eigenvalue weighted by Gasteiger charge is -2.54. The molecule has 10 nitrogen and oxygen atoms in total.